The summed E-state index contributed by atoms with van der Waals surface area (Å²) in [4.78, 5) is 0. The van der Waals surface area contributed by atoms with Crippen LogP contribution in [0, 0.1) is 6.92 Å². The molecule has 0 aliphatic carbocycles. The van der Waals surface area contributed by atoms with E-state index in [4.69, 9.17) is 4.52 Å². The van der Waals surface area contributed by atoms with Crippen LogP contribution in [-0.2, 0) is 0 Å². The van der Waals surface area contributed by atoms with Crippen LogP contribution in [0.5, 0.6) is 0 Å². The van der Waals surface area contributed by atoms with Crippen molar-refractivity contribution < 1.29 is 4.52 Å². The van der Waals surface area contributed by atoms with Crippen molar-refractivity contribution in [1.82, 2.24) is 5.16 Å². The molecule has 0 radical (unpaired) electrons. The molecule has 56 valence electrons. The average molecular weight is 157 g/mol. The van der Waals surface area contributed by atoms with Crippen molar-refractivity contribution >= 4 is 11.8 Å². The molecule has 1 aromatic rings. The van der Waals surface area contributed by atoms with E-state index < -0.39 is 0 Å². The zero-order valence-electron chi connectivity index (χ0n) is 6.42. The van der Waals surface area contributed by atoms with Gasteiger partial charge in [0.05, 0.1) is 0 Å². The third-order valence-corrected chi connectivity index (χ3v) is 1.87. The molecular weight excluding hydrogens is 146 g/mol. The standard InChI is InChI=1S/C7H11NOS/c1-5(2)10-7-4-6(3)9-8-7/h4-5H,1-3H3. The van der Waals surface area contributed by atoms with Gasteiger partial charge in [-0.25, -0.2) is 0 Å². The monoisotopic (exact) mass is 157 g/mol. The predicted octanol–water partition coefficient (Wildman–Crippen LogP) is 2.48. The van der Waals surface area contributed by atoms with Gasteiger partial charge in [0.15, 0.2) is 0 Å². The summed E-state index contributed by atoms with van der Waals surface area (Å²) in [5.41, 5.74) is 0. The van der Waals surface area contributed by atoms with Crippen LogP contribution in [0.25, 0.3) is 0 Å². The molecule has 0 aromatic carbocycles. The molecule has 0 aliphatic heterocycles. The largest absolute Gasteiger partial charge is 0.361 e. The molecule has 0 saturated carbocycles. The van der Waals surface area contributed by atoms with E-state index in [1.807, 2.05) is 13.0 Å². The predicted molar refractivity (Wildman–Crippen MR) is 42.2 cm³/mol. The van der Waals surface area contributed by atoms with Gasteiger partial charge in [-0.3, -0.25) is 0 Å². The van der Waals surface area contributed by atoms with Gasteiger partial charge in [0, 0.05) is 11.3 Å². The highest BCUT2D eigenvalue weighted by molar-refractivity contribution is 7.99. The van der Waals surface area contributed by atoms with E-state index in [0.717, 1.165) is 10.8 Å². The normalized spacial score (nSPS) is 10.8. The van der Waals surface area contributed by atoms with Crippen LogP contribution >= 0.6 is 11.8 Å². The van der Waals surface area contributed by atoms with Crippen molar-refractivity contribution in [3.05, 3.63) is 11.8 Å². The smallest absolute Gasteiger partial charge is 0.140 e. The number of hydrogen-bond donors (Lipinski definition) is 0. The SMILES string of the molecule is Cc1cc(SC(C)C)no1. The second kappa shape index (κ2) is 3.10. The summed E-state index contributed by atoms with van der Waals surface area (Å²) >= 11 is 1.71. The van der Waals surface area contributed by atoms with Crippen LogP contribution in [0.1, 0.15) is 19.6 Å². The first kappa shape index (κ1) is 7.66. The Bertz CT molecular complexity index is 207. The summed E-state index contributed by atoms with van der Waals surface area (Å²) in [7, 11) is 0. The van der Waals surface area contributed by atoms with Crippen LogP contribution in [0.15, 0.2) is 15.6 Å². The van der Waals surface area contributed by atoms with E-state index in [0.29, 0.717) is 5.25 Å². The van der Waals surface area contributed by atoms with Crippen molar-refractivity contribution in [2.24, 2.45) is 0 Å². The Morgan fingerprint density at radius 3 is 2.70 bits per heavy atom. The van der Waals surface area contributed by atoms with E-state index in [1.54, 1.807) is 11.8 Å². The molecule has 0 amide bonds. The molecule has 0 aliphatic rings. The Kier molecular flexibility index (Phi) is 2.38. The molecule has 0 atom stereocenters. The fourth-order valence-corrected chi connectivity index (χ4v) is 1.44. The highest BCUT2D eigenvalue weighted by Crippen LogP contribution is 2.21. The lowest BCUT2D eigenvalue weighted by atomic mass is 10.5. The van der Waals surface area contributed by atoms with Gasteiger partial charge < -0.3 is 4.52 Å². The summed E-state index contributed by atoms with van der Waals surface area (Å²) in [5, 5.41) is 5.40. The number of aromatic nitrogens is 1. The zero-order chi connectivity index (χ0) is 7.56. The summed E-state index contributed by atoms with van der Waals surface area (Å²) in [6.45, 7) is 6.17. The highest BCUT2D eigenvalue weighted by atomic mass is 32.2. The number of aryl methyl sites for hydroxylation is 1. The van der Waals surface area contributed by atoms with Gasteiger partial charge in [-0.05, 0) is 6.92 Å². The molecule has 0 N–H and O–H groups in total. The third kappa shape index (κ3) is 2.06. The number of hydrogen-bond acceptors (Lipinski definition) is 3. The first-order valence-electron chi connectivity index (χ1n) is 3.28. The molecule has 0 saturated heterocycles. The Hall–Kier alpha value is -0.440. The molecule has 0 bridgehead atoms. The Morgan fingerprint density at radius 1 is 1.60 bits per heavy atom. The minimum Gasteiger partial charge on any atom is -0.361 e. The topological polar surface area (TPSA) is 26.0 Å². The maximum atomic E-state index is 4.89. The van der Waals surface area contributed by atoms with E-state index in [-0.39, 0.29) is 0 Å². The molecule has 2 nitrogen and oxygen atoms in total. The van der Waals surface area contributed by atoms with Crippen LogP contribution in [0.2, 0.25) is 0 Å². The molecule has 1 heterocycles. The van der Waals surface area contributed by atoms with Gasteiger partial charge in [-0.2, -0.15) is 0 Å². The quantitative estimate of drug-likeness (QED) is 0.617. The molecule has 0 spiro atoms. The summed E-state index contributed by atoms with van der Waals surface area (Å²) in [6, 6.07) is 1.95. The second-order valence-corrected chi connectivity index (χ2v) is 4.04. The Balaban J connectivity index is 2.58. The molecule has 0 fully saturated rings. The maximum absolute atomic E-state index is 4.89. The third-order valence-electron chi connectivity index (χ3n) is 0.963. The Labute approximate surface area is 65.0 Å². The van der Waals surface area contributed by atoms with Gasteiger partial charge in [0.1, 0.15) is 10.8 Å². The summed E-state index contributed by atoms with van der Waals surface area (Å²) < 4.78 is 4.89. The number of thioether (sulfide) groups is 1. The lowest BCUT2D eigenvalue weighted by Gasteiger charge is -1.96. The van der Waals surface area contributed by atoms with Crippen molar-refractivity contribution in [2.45, 2.75) is 31.0 Å². The Morgan fingerprint density at radius 2 is 2.30 bits per heavy atom. The fourth-order valence-electron chi connectivity index (χ4n) is 0.641. The van der Waals surface area contributed by atoms with Crippen LogP contribution in [-0.4, -0.2) is 10.4 Å². The van der Waals surface area contributed by atoms with Gasteiger partial charge in [-0.15, -0.1) is 11.8 Å². The van der Waals surface area contributed by atoms with Crippen molar-refractivity contribution in [3.63, 3.8) is 0 Å². The number of nitrogens with zero attached hydrogens (tertiary/aromatic N) is 1. The minimum atomic E-state index is 0.574. The molecule has 1 rings (SSSR count). The average Bonchev–Trinajstić information content (AvgIpc) is 2.13. The first-order valence-corrected chi connectivity index (χ1v) is 4.16. The molecule has 3 heteroatoms. The molecule has 1 aromatic heterocycles. The molecular formula is C7H11NOS. The van der Waals surface area contributed by atoms with Gasteiger partial charge in [0.25, 0.3) is 0 Å². The van der Waals surface area contributed by atoms with E-state index in [9.17, 15) is 0 Å². The van der Waals surface area contributed by atoms with Gasteiger partial charge in [-0.1, -0.05) is 19.0 Å². The van der Waals surface area contributed by atoms with Gasteiger partial charge >= 0.3 is 0 Å². The fraction of sp³-hybridized carbons (Fsp3) is 0.571. The highest BCUT2D eigenvalue weighted by Gasteiger charge is 2.02. The second-order valence-electron chi connectivity index (χ2n) is 2.44. The minimum absolute atomic E-state index is 0.574. The zero-order valence-corrected chi connectivity index (χ0v) is 7.23. The van der Waals surface area contributed by atoms with E-state index in [2.05, 4.69) is 19.0 Å². The first-order chi connectivity index (χ1) is 4.68. The van der Waals surface area contributed by atoms with Crippen LogP contribution in [0.4, 0.5) is 0 Å². The summed E-state index contributed by atoms with van der Waals surface area (Å²) in [5.74, 6) is 0.878. The van der Waals surface area contributed by atoms with Crippen molar-refractivity contribution in [2.75, 3.05) is 0 Å². The van der Waals surface area contributed by atoms with Gasteiger partial charge in [0.2, 0.25) is 0 Å². The number of rotatable bonds is 2. The van der Waals surface area contributed by atoms with Crippen LogP contribution < -0.4 is 0 Å². The summed E-state index contributed by atoms with van der Waals surface area (Å²) in [6.07, 6.45) is 0. The molecule has 0 unspecified atom stereocenters. The lowest BCUT2D eigenvalue weighted by Crippen LogP contribution is -1.84. The van der Waals surface area contributed by atoms with Crippen molar-refractivity contribution in [3.8, 4) is 0 Å². The van der Waals surface area contributed by atoms with E-state index >= 15 is 0 Å². The van der Waals surface area contributed by atoms with E-state index in [1.165, 1.54) is 0 Å². The molecule has 10 heavy (non-hydrogen) atoms. The van der Waals surface area contributed by atoms with Crippen molar-refractivity contribution in [1.29, 1.82) is 0 Å². The van der Waals surface area contributed by atoms with Crippen LogP contribution in [0.3, 0.4) is 0 Å². The maximum Gasteiger partial charge on any atom is 0.140 e. The lowest BCUT2D eigenvalue weighted by molar-refractivity contribution is 0.383.